The largest absolute Gasteiger partial charge is 0.356 e. The SMILES string of the molecule is CC(=O)NCCC=Cc1cccc(CN2CCCC2)c1. The molecule has 0 bridgehead atoms. The second-order valence-electron chi connectivity index (χ2n) is 5.40. The Morgan fingerprint density at radius 2 is 2.15 bits per heavy atom. The van der Waals surface area contributed by atoms with Crippen LogP contribution in [0.2, 0.25) is 0 Å². The molecule has 0 aromatic heterocycles. The lowest BCUT2D eigenvalue weighted by atomic mass is 10.1. The molecule has 0 aliphatic carbocycles. The molecule has 2 rings (SSSR count). The summed E-state index contributed by atoms with van der Waals surface area (Å²) in [6.45, 7) is 5.78. The molecule has 0 saturated carbocycles. The van der Waals surface area contributed by atoms with E-state index in [9.17, 15) is 4.79 Å². The molecule has 1 aliphatic rings. The molecule has 1 saturated heterocycles. The second kappa shape index (κ2) is 7.85. The number of hydrogen-bond acceptors (Lipinski definition) is 2. The highest BCUT2D eigenvalue weighted by molar-refractivity contribution is 5.72. The number of hydrogen-bond donors (Lipinski definition) is 1. The maximum atomic E-state index is 10.7. The first-order valence-electron chi connectivity index (χ1n) is 7.46. The van der Waals surface area contributed by atoms with Gasteiger partial charge in [0.15, 0.2) is 0 Å². The van der Waals surface area contributed by atoms with Crippen molar-refractivity contribution in [3.8, 4) is 0 Å². The van der Waals surface area contributed by atoms with E-state index in [-0.39, 0.29) is 5.91 Å². The van der Waals surface area contributed by atoms with Gasteiger partial charge in [0, 0.05) is 20.0 Å². The average molecular weight is 272 g/mol. The molecule has 1 N–H and O–H groups in total. The van der Waals surface area contributed by atoms with Crippen molar-refractivity contribution in [1.29, 1.82) is 0 Å². The van der Waals surface area contributed by atoms with E-state index in [1.807, 2.05) is 0 Å². The molecule has 1 aromatic carbocycles. The quantitative estimate of drug-likeness (QED) is 0.808. The van der Waals surface area contributed by atoms with Crippen molar-refractivity contribution < 1.29 is 4.79 Å². The van der Waals surface area contributed by atoms with Gasteiger partial charge in [0.1, 0.15) is 0 Å². The fourth-order valence-corrected chi connectivity index (χ4v) is 2.55. The van der Waals surface area contributed by atoms with Crippen LogP contribution < -0.4 is 5.32 Å². The molecule has 0 atom stereocenters. The van der Waals surface area contributed by atoms with E-state index in [4.69, 9.17) is 0 Å². The van der Waals surface area contributed by atoms with E-state index in [0.29, 0.717) is 6.54 Å². The third-order valence-corrected chi connectivity index (χ3v) is 3.55. The molecule has 1 aromatic rings. The van der Waals surface area contributed by atoms with Gasteiger partial charge in [0.2, 0.25) is 5.91 Å². The Hall–Kier alpha value is -1.61. The Morgan fingerprint density at radius 1 is 1.35 bits per heavy atom. The highest BCUT2D eigenvalue weighted by Crippen LogP contribution is 2.14. The zero-order chi connectivity index (χ0) is 14.2. The summed E-state index contributed by atoms with van der Waals surface area (Å²) >= 11 is 0. The highest BCUT2D eigenvalue weighted by atomic mass is 16.1. The van der Waals surface area contributed by atoms with Gasteiger partial charge in [-0.05, 0) is 43.5 Å². The zero-order valence-corrected chi connectivity index (χ0v) is 12.3. The van der Waals surface area contributed by atoms with Gasteiger partial charge in [-0.25, -0.2) is 0 Å². The first-order chi connectivity index (χ1) is 9.74. The minimum absolute atomic E-state index is 0.0333. The number of rotatable bonds is 6. The van der Waals surface area contributed by atoms with Gasteiger partial charge in [0.05, 0.1) is 0 Å². The predicted octanol–water partition coefficient (Wildman–Crippen LogP) is 2.82. The van der Waals surface area contributed by atoms with Crippen LogP contribution in [0.3, 0.4) is 0 Å². The van der Waals surface area contributed by atoms with E-state index < -0.39 is 0 Å². The topological polar surface area (TPSA) is 32.3 Å². The number of carbonyl (C=O) groups is 1. The van der Waals surface area contributed by atoms with Crippen LogP contribution in [0.5, 0.6) is 0 Å². The monoisotopic (exact) mass is 272 g/mol. The normalized spacial score (nSPS) is 15.8. The van der Waals surface area contributed by atoms with Crippen molar-refractivity contribution in [1.82, 2.24) is 10.2 Å². The fraction of sp³-hybridized carbons (Fsp3) is 0.471. The van der Waals surface area contributed by atoms with Crippen LogP contribution in [-0.4, -0.2) is 30.4 Å². The summed E-state index contributed by atoms with van der Waals surface area (Å²) in [6, 6.07) is 8.71. The number of likely N-dealkylation sites (tertiary alicyclic amines) is 1. The molecule has 108 valence electrons. The summed E-state index contributed by atoms with van der Waals surface area (Å²) in [5, 5.41) is 2.79. The van der Waals surface area contributed by atoms with Crippen LogP contribution in [0.25, 0.3) is 6.08 Å². The van der Waals surface area contributed by atoms with Crippen LogP contribution in [0.4, 0.5) is 0 Å². The van der Waals surface area contributed by atoms with Gasteiger partial charge in [0.25, 0.3) is 0 Å². The summed E-state index contributed by atoms with van der Waals surface area (Å²) in [5.41, 5.74) is 2.63. The Kier molecular flexibility index (Phi) is 5.81. The Labute approximate surface area is 121 Å². The first-order valence-corrected chi connectivity index (χ1v) is 7.46. The smallest absolute Gasteiger partial charge is 0.216 e. The summed E-state index contributed by atoms with van der Waals surface area (Å²) in [5.74, 6) is 0.0333. The van der Waals surface area contributed by atoms with Gasteiger partial charge in [-0.15, -0.1) is 0 Å². The van der Waals surface area contributed by atoms with Gasteiger partial charge < -0.3 is 5.32 Å². The lowest BCUT2D eigenvalue weighted by Crippen LogP contribution is -2.20. The van der Waals surface area contributed by atoms with Crippen LogP contribution in [0, 0.1) is 0 Å². The number of benzene rings is 1. The molecule has 3 heteroatoms. The van der Waals surface area contributed by atoms with Gasteiger partial charge >= 0.3 is 0 Å². The van der Waals surface area contributed by atoms with Crippen LogP contribution in [0.1, 0.15) is 37.3 Å². The molecule has 1 aliphatic heterocycles. The molecule has 0 radical (unpaired) electrons. The summed E-state index contributed by atoms with van der Waals surface area (Å²) in [4.78, 5) is 13.3. The number of carbonyl (C=O) groups excluding carboxylic acids is 1. The maximum absolute atomic E-state index is 10.7. The van der Waals surface area contributed by atoms with Gasteiger partial charge in [-0.3, -0.25) is 9.69 Å². The summed E-state index contributed by atoms with van der Waals surface area (Å²) in [7, 11) is 0. The average Bonchev–Trinajstić information content (AvgIpc) is 2.91. The van der Waals surface area contributed by atoms with E-state index in [1.165, 1.54) is 37.1 Å². The lowest BCUT2D eigenvalue weighted by molar-refractivity contribution is -0.118. The van der Waals surface area contributed by atoms with Gasteiger partial charge in [-0.2, -0.15) is 0 Å². The molecule has 20 heavy (non-hydrogen) atoms. The second-order valence-corrected chi connectivity index (χ2v) is 5.40. The van der Waals surface area contributed by atoms with E-state index in [1.54, 1.807) is 6.92 Å². The van der Waals surface area contributed by atoms with Gasteiger partial charge in [-0.1, -0.05) is 36.4 Å². The Bertz CT molecular complexity index is 462. The van der Waals surface area contributed by atoms with E-state index in [0.717, 1.165) is 13.0 Å². The summed E-state index contributed by atoms with van der Waals surface area (Å²) in [6.07, 6.45) is 7.79. The number of nitrogens with zero attached hydrogens (tertiary/aromatic N) is 1. The minimum atomic E-state index is 0.0333. The van der Waals surface area contributed by atoms with Crippen molar-refractivity contribution in [2.24, 2.45) is 0 Å². The number of amides is 1. The zero-order valence-electron chi connectivity index (χ0n) is 12.3. The standard InChI is InChI=1S/C17H24N2O/c1-15(20)18-10-3-2-7-16-8-6-9-17(13-16)14-19-11-4-5-12-19/h2,6-9,13H,3-5,10-12,14H2,1H3,(H,18,20). The molecule has 3 nitrogen and oxygen atoms in total. The van der Waals surface area contributed by atoms with Crippen molar-refractivity contribution in [2.75, 3.05) is 19.6 Å². The summed E-state index contributed by atoms with van der Waals surface area (Å²) < 4.78 is 0. The van der Waals surface area contributed by atoms with Crippen LogP contribution >= 0.6 is 0 Å². The van der Waals surface area contributed by atoms with Crippen molar-refractivity contribution in [2.45, 2.75) is 32.7 Å². The highest BCUT2D eigenvalue weighted by Gasteiger charge is 2.11. The van der Waals surface area contributed by atoms with Crippen molar-refractivity contribution >= 4 is 12.0 Å². The molecule has 1 amide bonds. The molecular formula is C17H24N2O. The Morgan fingerprint density at radius 3 is 2.90 bits per heavy atom. The van der Waals surface area contributed by atoms with Crippen LogP contribution in [0.15, 0.2) is 30.3 Å². The van der Waals surface area contributed by atoms with Crippen molar-refractivity contribution in [3.63, 3.8) is 0 Å². The molecule has 1 heterocycles. The Balaban J connectivity index is 1.82. The van der Waals surface area contributed by atoms with Crippen LogP contribution in [-0.2, 0) is 11.3 Å². The van der Waals surface area contributed by atoms with E-state index in [2.05, 4.69) is 46.6 Å². The van der Waals surface area contributed by atoms with E-state index >= 15 is 0 Å². The maximum Gasteiger partial charge on any atom is 0.216 e. The molecular weight excluding hydrogens is 248 g/mol. The molecule has 0 spiro atoms. The molecule has 1 fully saturated rings. The molecule has 0 unspecified atom stereocenters. The third-order valence-electron chi connectivity index (χ3n) is 3.55. The first kappa shape index (κ1) is 14.8. The third kappa shape index (κ3) is 5.17. The predicted molar refractivity (Wildman–Crippen MR) is 83.3 cm³/mol. The minimum Gasteiger partial charge on any atom is -0.356 e. The van der Waals surface area contributed by atoms with Crippen molar-refractivity contribution in [3.05, 3.63) is 41.5 Å². The fourth-order valence-electron chi connectivity index (χ4n) is 2.55. The lowest BCUT2D eigenvalue weighted by Gasteiger charge is -2.14. The number of nitrogens with one attached hydrogen (secondary N) is 1.